The van der Waals surface area contributed by atoms with E-state index in [9.17, 15) is 9.90 Å². The summed E-state index contributed by atoms with van der Waals surface area (Å²) < 4.78 is 0. The number of aryl methyl sites for hydroxylation is 1. The van der Waals surface area contributed by atoms with E-state index in [4.69, 9.17) is 0 Å². The van der Waals surface area contributed by atoms with E-state index < -0.39 is 11.5 Å². The standard InChI is InChI=1S/C17H20N2O2/c1-10-14-13(19-18-10)9-17(3,21)16(11(2)20)15(14)12-7-5-4-6-8-12/h4-8,15-16,21H,9H2,1-3H3,(H,18,19)/t15-,16+,17+/m1/s1. The van der Waals surface area contributed by atoms with Crippen molar-refractivity contribution in [1.29, 1.82) is 0 Å². The lowest BCUT2D eigenvalue weighted by atomic mass is 9.64. The largest absolute Gasteiger partial charge is 0.389 e. The highest BCUT2D eigenvalue weighted by atomic mass is 16.3. The van der Waals surface area contributed by atoms with Crippen LogP contribution in [0.15, 0.2) is 30.3 Å². The molecule has 1 aliphatic rings. The number of fused-ring (bicyclic) bond motifs is 1. The van der Waals surface area contributed by atoms with Crippen LogP contribution in [0.25, 0.3) is 0 Å². The average molecular weight is 284 g/mol. The molecule has 0 radical (unpaired) electrons. The van der Waals surface area contributed by atoms with Crippen molar-refractivity contribution in [1.82, 2.24) is 10.2 Å². The van der Waals surface area contributed by atoms with Crippen LogP contribution in [-0.4, -0.2) is 26.7 Å². The number of ketones is 1. The zero-order valence-corrected chi connectivity index (χ0v) is 12.6. The number of aromatic nitrogens is 2. The van der Waals surface area contributed by atoms with Gasteiger partial charge >= 0.3 is 0 Å². The number of hydrogen-bond donors (Lipinski definition) is 2. The monoisotopic (exact) mass is 284 g/mol. The van der Waals surface area contributed by atoms with E-state index in [1.54, 1.807) is 13.8 Å². The quantitative estimate of drug-likeness (QED) is 0.889. The molecule has 0 aliphatic heterocycles. The van der Waals surface area contributed by atoms with Crippen molar-refractivity contribution in [3.63, 3.8) is 0 Å². The molecule has 1 aliphatic carbocycles. The molecule has 3 rings (SSSR count). The number of aromatic amines is 1. The molecule has 1 heterocycles. The molecule has 0 bridgehead atoms. The Morgan fingerprint density at radius 2 is 2.05 bits per heavy atom. The summed E-state index contributed by atoms with van der Waals surface area (Å²) in [7, 11) is 0. The molecule has 0 fully saturated rings. The third-order valence-corrected chi connectivity index (χ3v) is 4.51. The molecule has 2 N–H and O–H groups in total. The molecule has 3 atom stereocenters. The first kappa shape index (κ1) is 14.0. The minimum Gasteiger partial charge on any atom is -0.389 e. The van der Waals surface area contributed by atoms with Crippen LogP contribution in [0.4, 0.5) is 0 Å². The van der Waals surface area contributed by atoms with Gasteiger partial charge in [-0.05, 0) is 26.3 Å². The highest BCUT2D eigenvalue weighted by Gasteiger charge is 2.48. The van der Waals surface area contributed by atoms with Gasteiger partial charge in [0.1, 0.15) is 5.78 Å². The smallest absolute Gasteiger partial charge is 0.136 e. The Morgan fingerprint density at radius 1 is 1.38 bits per heavy atom. The van der Waals surface area contributed by atoms with Crippen molar-refractivity contribution in [2.45, 2.75) is 38.7 Å². The Labute approximate surface area is 124 Å². The Morgan fingerprint density at radius 3 is 2.67 bits per heavy atom. The number of carbonyl (C=O) groups is 1. The van der Waals surface area contributed by atoms with E-state index in [-0.39, 0.29) is 11.7 Å². The number of nitrogens with zero attached hydrogens (tertiary/aromatic N) is 1. The summed E-state index contributed by atoms with van der Waals surface area (Å²) in [6.07, 6.45) is 0.403. The maximum Gasteiger partial charge on any atom is 0.136 e. The predicted molar refractivity (Wildman–Crippen MR) is 80.1 cm³/mol. The second-order valence-electron chi connectivity index (χ2n) is 6.22. The fraction of sp³-hybridized carbons (Fsp3) is 0.412. The van der Waals surface area contributed by atoms with Gasteiger partial charge in [-0.25, -0.2) is 0 Å². The molecule has 2 aromatic rings. The molecule has 1 aromatic carbocycles. The molecule has 0 amide bonds. The Balaban J connectivity index is 2.24. The van der Waals surface area contributed by atoms with Gasteiger partial charge in [-0.15, -0.1) is 0 Å². The number of H-pyrrole nitrogens is 1. The number of Topliss-reactive ketones (excluding diaryl/α,β-unsaturated/α-hetero) is 1. The molecule has 0 unspecified atom stereocenters. The van der Waals surface area contributed by atoms with Crippen LogP contribution in [0.1, 0.15) is 42.3 Å². The van der Waals surface area contributed by atoms with Gasteiger partial charge in [-0.3, -0.25) is 9.89 Å². The van der Waals surface area contributed by atoms with Crippen LogP contribution in [0.2, 0.25) is 0 Å². The van der Waals surface area contributed by atoms with Crippen LogP contribution in [0.3, 0.4) is 0 Å². The maximum absolute atomic E-state index is 12.3. The molecule has 1 aromatic heterocycles. The minimum atomic E-state index is -1.08. The third kappa shape index (κ3) is 2.20. The number of aliphatic hydroxyl groups is 1. The Bertz CT molecular complexity index is 673. The Hall–Kier alpha value is -1.94. The molecular formula is C17H20N2O2. The number of rotatable bonds is 2. The van der Waals surface area contributed by atoms with Crippen molar-refractivity contribution in [2.75, 3.05) is 0 Å². The van der Waals surface area contributed by atoms with Gasteiger partial charge in [0.25, 0.3) is 0 Å². The van der Waals surface area contributed by atoms with Crippen LogP contribution in [-0.2, 0) is 11.2 Å². The summed E-state index contributed by atoms with van der Waals surface area (Å²) >= 11 is 0. The van der Waals surface area contributed by atoms with E-state index in [2.05, 4.69) is 10.2 Å². The summed E-state index contributed by atoms with van der Waals surface area (Å²) in [4.78, 5) is 12.3. The van der Waals surface area contributed by atoms with Crippen molar-refractivity contribution >= 4 is 5.78 Å². The normalized spacial score (nSPS) is 28.2. The molecule has 21 heavy (non-hydrogen) atoms. The van der Waals surface area contributed by atoms with Gasteiger partial charge in [0.2, 0.25) is 0 Å². The first-order valence-corrected chi connectivity index (χ1v) is 7.23. The molecule has 0 saturated heterocycles. The van der Waals surface area contributed by atoms with E-state index in [1.807, 2.05) is 37.3 Å². The van der Waals surface area contributed by atoms with Gasteiger partial charge in [0, 0.05) is 23.6 Å². The third-order valence-electron chi connectivity index (χ3n) is 4.51. The summed E-state index contributed by atoms with van der Waals surface area (Å²) in [5.74, 6) is -0.593. The zero-order chi connectivity index (χ0) is 15.2. The first-order valence-electron chi connectivity index (χ1n) is 7.23. The molecule has 0 saturated carbocycles. The maximum atomic E-state index is 12.3. The van der Waals surface area contributed by atoms with Gasteiger partial charge in [0.15, 0.2) is 0 Å². The topological polar surface area (TPSA) is 66.0 Å². The number of nitrogens with one attached hydrogen (secondary N) is 1. The molecule has 4 heteroatoms. The van der Waals surface area contributed by atoms with Crippen LogP contribution in [0.5, 0.6) is 0 Å². The zero-order valence-electron chi connectivity index (χ0n) is 12.6. The fourth-order valence-electron chi connectivity index (χ4n) is 3.70. The molecule has 0 spiro atoms. The van der Waals surface area contributed by atoms with E-state index in [0.29, 0.717) is 6.42 Å². The molecule has 4 nitrogen and oxygen atoms in total. The number of carbonyl (C=O) groups excluding carboxylic acids is 1. The van der Waals surface area contributed by atoms with Gasteiger partial charge in [-0.2, -0.15) is 5.10 Å². The van der Waals surface area contributed by atoms with Crippen molar-refractivity contribution < 1.29 is 9.90 Å². The van der Waals surface area contributed by atoms with Crippen LogP contribution >= 0.6 is 0 Å². The lowest BCUT2D eigenvalue weighted by Crippen LogP contribution is -2.48. The predicted octanol–water partition coefficient (Wildman–Crippen LogP) is 2.36. The minimum absolute atomic E-state index is 0.0140. The highest BCUT2D eigenvalue weighted by molar-refractivity contribution is 5.82. The SMILES string of the molecule is CC(=O)[C@H]1[C@H](c2ccccc2)c2c(n[nH]c2C)C[C@]1(C)O. The van der Waals surface area contributed by atoms with E-state index in [0.717, 1.165) is 22.5 Å². The number of hydrogen-bond acceptors (Lipinski definition) is 3. The summed E-state index contributed by atoms with van der Waals surface area (Å²) in [5, 5.41) is 18.1. The van der Waals surface area contributed by atoms with Gasteiger partial charge in [-0.1, -0.05) is 30.3 Å². The van der Waals surface area contributed by atoms with Crippen molar-refractivity contribution in [3.05, 3.63) is 52.8 Å². The lowest BCUT2D eigenvalue weighted by molar-refractivity contribution is -0.130. The summed E-state index contributed by atoms with van der Waals surface area (Å²) in [5.41, 5.74) is 2.86. The average Bonchev–Trinajstić information content (AvgIpc) is 2.77. The lowest BCUT2D eigenvalue weighted by Gasteiger charge is -2.41. The first-order chi connectivity index (χ1) is 9.92. The summed E-state index contributed by atoms with van der Waals surface area (Å²) in [6, 6.07) is 9.91. The van der Waals surface area contributed by atoms with Crippen molar-refractivity contribution in [2.24, 2.45) is 5.92 Å². The van der Waals surface area contributed by atoms with Gasteiger partial charge in [0.05, 0.1) is 17.2 Å². The van der Waals surface area contributed by atoms with Gasteiger partial charge < -0.3 is 5.11 Å². The highest BCUT2D eigenvalue weighted by Crippen LogP contribution is 2.46. The second-order valence-corrected chi connectivity index (χ2v) is 6.22. The van der Waals surface area contributed by atoms with Crippen molar-refractivity contribution in [3.8, 4) is 0 Å². The molecular weight excluding hydrogens is 264 g/mol. The van der Waals surface area contributed by atoms with E-state index in [1.165, 1.54) is 0 Å². The number of benzene rings is 1. The van der Waals surface area contributed by atoms with E-state index >= 15 is 0 Å². The van der Waals surface area contributed by atoms with Crippen LogP contribution in [0, 0.1) is 12.8 Å². The Kier molecular flexibility index (Phi) is 3.21. The second kappa shape index (κ2) is 4.81. The molecule has 110 valence electrons. The summed E-state index contributed by atoms with van der Waals surface area (Å²) in [6.45, 7) is 5.27. The fourth-order valence-corrected chi connectivity index (χ4v) is 3.70. The van der Waals surface area contributed by atoms with Crippen LogP contribution < -0.4 is 0 Å².